The first-order valence-electron chi connectivity index (χ1n) is 7.87. The molecule has 0 saturated heterocycles. The lowest BCUT2D eigenvalue weighted by Crippen LogP contribution is -2.44. The maximum atomic E-state index is 12.2. The Bertz CT molecular complexity index is 656. The lowest BCUT2D eigenvalue weighted by molar-refractivity contribution is -0.120. The molecule has 1 amide bonds. The van der Waals surface area contributed by atoms with Crippen LogP contribution in [-0.4, -0.2) is 32.3 Å². The van der Waals surface area contributed by atoms with Crippen LogP contribution in [0.15, 0.2) is 29.6 Å². The van der Waals surface area contributed by atoms with Crippen molar-refractivity contribution in [3.05, 3.63) is 24.4 Å². The second kappa shape index (κ2) is 6.69. The molecule has 2 heterocycles. The summed E-state index contributed by atoms with van der Waals surface area (Å²) in [4.78, 5) is 12.2. The summed E-state index contributed by atoms with van der Waals surface area (Å²) in [7, 11) is 0. The molecule has 118 valence electrons. The van der Waals surface area contributed by atoms with E-state index in [1.54, 1.807) is 0 Å². The molecule has 3 rings (SSSR count). The van der Waals surface area contributed by atoms with Gasteiger partial charge in [-0.25, -0.2) is 0 Å². The predicted molar refractivity (Wildman–Crippen MR) is 87.8 cm³/mol. The van der Waals surface area contributed by atoms with Crippen LogP contribution in [-0.2, 0) is 4.79 Å². The number of nitrogens with one attached hydrogen (secondary N) is 1. The fourth-order valence-electron chi connectivity index (χ4n) is 3.08. The minimum Gasteiger partial charge on any atom is -0.352 e. The summed E-state index contributed by atoms with van der Waals surface area (Å²) in [5.74, 6) is 1.71. The maximum absolute atomic E-state index is 12.2. The summed E-state index contributed by atoms with van der Waals surface area (Å²) < 4.78 is 1.91. The highest BCUT2D eigenvalue weighted by Gasteiger charge is 2.28. The number of carbonyl (C=O) groups excluding carboxylic acids is 1. The summed E-state index contributed by atoms with van der Waals surface area (Å²) in [6.45, 7) is 4.52. The lowest BCUT2D eigenvalue weighted by Gasteiger charge is -2.34. The number of fused-ring (bicyclic) bond motifs is 1. The Kier molecular flexibility index (Phi) is 4.66. The van der Waals surface area contributed by atoms with Crippen LogP contribution in [0.5, 0.6) is 0 Å². The summed E-state index contributed by atoms with van der Waals surface area (Å²) in [5.41, 5.74) is 0.806. The van der Waals surface area contributed by atoms with Crippen molar-refractivity contribution in [2.45, 2.75) is 44.3 Å². The Hall–Kier alpha value is -1.56. The van der Waals surface area contributed by atoms with E-state index in [9.17, 15) is 4.79 Å². The second-order valence-electron chi connectivity index (χ2n) is 6.14. The molecule has 0 bridgehead atoms. The number of rotatable bonds is 4. The van der Waals surface area contributed by atoms with Gasteiger partial charge in [0.25, 0.3) is 0 Å². The highest BCUT2D eigenvalue weighted by Crippen LogP contribution is 2.29. The Morgan fingerprint density at radius 3 is 3.09 bits per heavy atom. The zero-order valence-corrected chi connectivity index (χ0v) is 13.8. The first kappa shape index (κ1) is 15.3. The Balaban J connectivity index is 1.56. The molecule has 2 aromatic heterocycles. The van der Waals surface area contributed by atoms with Gasteiger partial charge < -0.3 is 5.32 Å². The molecule has 2 aromatic rings. The average molecular weight is 318 g/mol. The maximum Gasteiger partial charge on any atom is 0.230 e. The lowest BCUT2D eigenvalue weighted by atomic mass is 9.78. The molecular formula is C16H22N4OS. The van der Waals surface area contributed by atoms with Crippen LogP contribution in [0.4, 0.5) is 0 Å². The van der Waals surface area contributed by atoms with Gasteiger partial charge in [-0.3, -0.25) is 9.20 Å². The largest absolute Gasteiger partial charge is 0.352 e. The van der Waals surface area contributed by atoms with Crippen molar-refractivity contribution < 1.29 is 4.79 Å². The van der Waals surface area contributed by atoms with Crippen molar-refractivity contribution in [3.63, 3.8) is 0 Å². The Morgan fingerprint density at radius 2 is 2.23 bits per heavy atom. The van der Waals surface area contributed by atoms with Crippen LogP contribution in [0.25, 0.3) is 5.65 Å². The van der Waals surface area contributed by atoms with Crippen LogP contribution < -0.4 is 5.32 Å². The topological polar surface area (TPSA) is 59.3 Å². The highest BCUT2D eigenvalue weighted by molar-refractivity contribution is 7.99. The van der Waals surface area contributed by atoms with Crippen LogP contribution >= 0.6 is 11.8 Å². The van der Waals surface area contributed by atoms with E-state index in [0.29, 0.717) is 23.6 Å². The van der Waals surface area contributed by atoms with Gasteiger partial charge in [0, 0.05) is 12.2 Å². The van der Waals surface area contributed by atoms with Crippen molar-refractivity contribution in [2.75, 3.05) is 5.75 Å². The van der Waals surface area contributed by atoms with Crippen molar-refractivity contribution >= 4 is 23.3 Å². The Morgan fingerprint density at radius 1 is 1.36 bits per heavy atom. The number of nitrogens with zero attached hydrogens (tertiary/aromatic N) is 3. The molecule has 22 heavy (non-hydrogen) atoms. The number of amides is 1. The molecule has 0 aliphatic heterocycles. The fraction of sp³-hybridized carbons (Fsp3) is 0.562. The fourth-order valence-corrected chi connectivity index (χ4v) is 3.82. The standard InChI is InChI=1S/C16H22N4OS/c1-11-6-5-7-13(12(11)2)17-15(21)10-22-16-19-18-14-8-3-4-9-20(14)16/h3-4,8-9,11-13H,5-7,10H2,1-2H3,(H,17,21)/t11-,12-,13+/m1/s1. The van der Waals surface area contributed by atoms with Crippen molar-refractivity contribution in [1.29, 1.82) is 0 Å². The number of hydrogen-bond acceptors (Lipinski definition) is 4. The van der Waals surface area contributed by atoms with Crippen molar-refractivity contribution in [2.24, 2.45) is 11.8 Å². The minimum atomic E-state index is 0.0867. The molecule has 5 nitrogen and oxygen atoms in total. The van der Waals surface area contributed by atoms with Gasteiger partial charge in [0.2, 0.25) is 5.91 Å². The average Bonchev–Trinajstić information content (AvgIpc) is 2.93. The second-order valence-corrected chi connectivity index (χ2v) is 7.08. The number of aromatic nitrogens is 3. The van der Waals surface area contributed by atoms with Gasteiger partial charge in [0.1, 0.15) is 0 Å². The third kappa shape index (κ3) is 3.27. The van der Waals surface area contributed by atoms with Gasteiger partial charge in [-0.15, -0.1) is 10.2 Å². The van der Waals surface area contributed by atoms with Gasteiger partial charge in [0.05, 0.1) is 5.75 Å². The number of thioether (sulfide) groups is 1. The minimum absolute atomic E-state index is 0.0867. The van der Waals surface area contributed by atoms with E-state index >= 15 is 0 Å². The number of carbonyl (C=O) groups is 1. The molecule has 1 saturated carbocycles. The molecule has 1 fully saturated rings. The number of pyridine rings is 1. The first-order chi connectivity index (χ1) is 10.6. The van der Waals surface area contributed by atoms with Gasteiger partial charge in [-0.1, -0.05) is 44.5 Å². The molecule has 6 heteroatoms. The number of hydrogen-bond donors (Lipinski definition) is 1. The highest BCUT2D eigenvalue weighted by atomic mass is 32.2. The van der Waals surface area contributed by atoms with Gasteiger partial charge >= 0.3 is 0 Å². The third-order valence-corrected chi connectivity index (χ3v) is 5.61. The zero-order chi connectivity index (χ0) is 15.5. The van der Waals surface area contributed by atoms with E-state index in [1.807, 2.05) is 28.8 Å². The van der Waals surface area contributed by atoms with Gasteiger partial charge in [-0.05, 0) is 30.4 Å². The SMILES string of the molecule is C[C@@H]1[C@H](C)CCC[C@@H]1NC(=O)CSc1nnc2ccccn12. The first-order valence-corrected chi connectivity index (χ1v) is 8.85. The summed E-state index contributed by atoms with van der Waals surface area (Å²) >= 11 is 1.43. The summed E-state index contributed by atoms with van der Waals surface area (Å²) in [6, 6.07) is 6.08. The van der Waals surface area contributed by atoms with Crippen LogP contribution in [0.3, 0.4) is 0 Å². The summed E-state index contributed by atoms with van der Waals surface area (Å²) in [5, 5.41) is 12.2. The van der Waals surface area contributed by atoms with E-state index < -0.39 is 0 Å². The van der Waals surface area contributed by atoms with E-state index in [2.05, 4.69) is 29.4 Å². The molecule has 1 aliphatic rings. The molecule has 0 unspecified atom stereocenters. The van der Waals surface area contributed by atoms with Crippen molar-refractivity contribution in [1.82, 2.24) is 19.9 Å². The zero-order valence-electron chi connectivity index (χ0n) is 13.0. The van der Waals surface area contributed by atoms with Crippen LogP contribution in [0, 0.1) is 11.8 Å². The van der Waals surface area contributed by atoms with E-state index in [4.69, 9.17) is 0 Å². The predicted octanol–water partition coefficient (Wildman–Crippen LogP) is 2.76. The van der Waals surface area contributed by atoms with Crippen LogP contribution in [0.2, 0.25) is 0 Å². The molecule has 3 atom stereocenters. The van der Waals surface area contributed by atoms with Crippen molar-refractivity contribution in [3.8, 4) is 0 Å². The molecule has 0 spiro atoms. The van der Waals surface area contributed by atoms with Crippen LogP contribution in [0.1, 0.15) is 33.1 Å². The molecular weight excluding hydrogens is 296 g/mol. The van der Waals surface area contributed by atoms with E-state index in [1.165, 1.54) is 24.6 Å². The van der Waals surface area contributed by atoms with E-state index in [0.717, 1.165) is 17.2 Å². The third-order valence-electron chi connectivity index (χ3n) is 4.67. The van der Waals surface area contributed by atoms with Gasteiger partial charge in [0.15, 0.2) is 10.8 Å². The van der Waals surface area contributed by atoms with E-state index in [-0.39, 0.29) is 5.91 Å². The quantitative estimate of drug-likeness (QED) is 0.881. The normalized spacial score (nSPS) is 25.3. The molecule has 1 aliphatic carbocycles. The smallest absolute Gasteiger partial charge is 0.230 e. The monoisotopic (exact) mass is 318 g/mol. The molecule has 0 radical (unpaired) electrons. The molecule has 1 N–H and O–H groups in total. The van der Waals surface area contributed by atoms with Gasteiger partial charge in [-0.2, -0.15) is 0 Å². The molecule has 0 aromatic carbocycles. The Labute approximate surface area is 134 Å². The summed E-state index contributed by atoms with van der Waals surface area (Å²) in [6.07, 6.45) is 5.49.